The average molecular weight is 421 g/mol. The van der Waals surface area contributed by atoms with Crippen LogP contribution in [-0.4, -0.2) is 0 Å². The van der Waals surface area contributed by atoms with Crippen LogP contribution in [0.5, 0.6) is 0 Å². The Kier molecular flexibility index (Phi) is 8.74. The summed E-state index contributed by atoms with van der Waals surface area (Å²) in [7, 11) is 0. The Bertz CT molecular complexity index is 652. The van der Waals surface area contributed by atoms with Gasteiger partial charge in [0.05, 0.1) is 0 Å². The summed E-state index contributed by atoms with van der Waals surface area (Å²) in [6.07, 6.45) is 26.4. The van der Waals surface area contributed by atoms with E-state index in [9.17, 15) is 0 Å². The van der Waals surface area contributed by atoms with E-state index in [4.69, 9.17) is 0 Å². The number of hydrogen-bond acceptors (Lipinski definition) is 0. The van der Waals surface area contributed by atoms with Gasteiger partial charge in [0.15, 0.2) is 0 Å². The van der Waals surface area contributed by atoms with E-state index in [2.05, 4.69) is 50.3 Å². The molecule has 1 aromatic carbocycles. The van der Waals surface area contributed by atoms with Gasteiger partial charge in [-0.15, -0.1) is 0 Å². The Morgan fingerprint density at radius 2 is 1.32 bits per heavy atom. The van der Waals surface area contributed by atoms with Crippen LogP contribution in [0.15, 0.2) is 36.4 Å². The van der Waals surface area contributed by atoms with Gasteiger partial charge < -0.3 is 0 Å². The number of aryl methyl sites for hydroxylation is 1. The van der Waals surface area contributed by atoms with Gasteiger partial charge in [-0.05, 0) is 131 Å². The molecule has 0 N–H and O–H groups in total. The summed E-state index contributed by atoms with van der Waals surface area (Å²) in [5.41, 5.74) is 3.11. The highest BCUT2D eigenvalue weighted by molar-refractivity contribution is 5.26. The molecule has 2 atom stereocenters. The summed E-state index contributed by atoms with van der Waals surface area (Å²) >= 11 is 0. The first-order chi connectivity index (χ1) is 15.3. The maximum atomic E-state index is 2.44. The van der Waals surface area contributed by atoms with Gasteiger partial charge in [0, 0.05) is 0 Å². The van der Waals surface area contributed by atoms with Crippen LogP contribution in [0.1, 0.15) is 121 Å². The van der Waals surface area contributed by atoms with Crippen LogP contribution in [0.3, 0.4) is 0 Å². The highest BCUT2D eigenvalue weighted by Crippen LogP contribution is 2.48. The van der Waals surface area contributed by atoms with E-state index in [1.165, 1.54) is 56.9 Å². The van der Waals surface area contributed by atoms with Crippen LogP contribution >= 0.6 is 0 Å². The molecule has 4 rings (SSSR count). The zero-order chi connectivity index (χ0) is 21.5. The number of hydrogen-bond donors (Lipinski definition) is 0. The normalized spacial score (nSPS) is 34.4. The van der Waals surface area contributed by atoms with Gasteiger partial charge in [-0.3, -0.25) is 0 Å². The first-order valence-electron chi connectivity index (χ1n) is 14.0. The second-order valence-corrected chi connectivity index (χ2v) is 11.4. The fourth-order valence-corrected chi connectivity index (χ4v) is 7.60. The zero-order valence-corrected chi connectivity index (χ0v) is 20.5. The monoisotopic (exact) mass is 420 g/mol. The Morgan fingerprint density at radius 1 is 0.742 bits per heavy atom. The molecule has 0 radical (unpaired) electrons. The van der Waals surface area contributed by atoms with Crippen LogP contribution in [0, 0.1) is 29.6 Å². The molecule has 0 nitrogen and oxygen atoms in total. The molecule has 3 fully saturated rings. The lowest BCUT2D eigenvalue weighted by Crippen LogP contribution is -2.27. The molecular weight excluding hydrogens is 372 g/mol. The van der Waals surface area contributed by atoms with Gasteiger partial charge in [0.25, 0.3) is 0 Å². The second kappa shape index (κ2) is 11.7. The fraction of sp³-hybridized carbons (Fsp3) is 0.742. The van der Waals surface area contributed by atoms with Crippen LogP contribution in [0.25, 0.3) is 0 Å². The first kappa shape index (κ1) is 23.1. The predicted molar refractivity (Wildman–Crippen MR) is 135 cm³/mol. The van der Waals surface area contributed by atoms with Crippen molar-refractivity contribution >= 4 is 0 Å². The van der Waals surface area contributed by atoms with Crippen molar-refractivity contribution in [3.8, 4) is 0 Å². The number of benzene rings is 1. The SMILES string of the molecule is CC=CCCc1ccc(C2CCC(C3CCC(C4CCC(CCC)C4)CC3)CC2)cc1. The summed E-state index contributed by atoms with van der Waals surface area (Å²) in [6, 6.07) is 9.66. The quantitative estimate of drug-likeness (QED) is 0.367. The molecule has 0 spiro atoms. The van der Waals surface area contributed by atoms with Gasteiger partial charge in [-0.25, -0.2) is 0 Å². The van der Waals surface area contributed by atoms with Crippen LogP contribution in [0.2, 0.25) is 0 Å². The molecule has 0 amide bonds. The highest BCUT2D eigenvalue weighted by atomic mass is 14.4. The summed E-state index contributed by atoms with van der Waals surface area (Å²) in [5, 5.41) is 0. The van der Waals surface area contributed by atoms with Crippen molar-refractivity contribution in [3.05, 3.63) is 47.5 Å². The van der Waals surface area contributed by atoms with Crippen molar-refractivity contribution in [1.29, 1.82) is 0 Å². The Labute approximate surface area is 193 Å². The third-order valence-corrected chi connectivity index (χ3v) is 9.49. The maximum Gasteiger partial charge on any atom is -0.0162 e. The minimum absolute atomic E-state index is 0.825. The zero-order valence-electron chi connectivity index (χ0n) is 20.5. The number of rotatable bonds is 8. The van der Waals surface area contributed by atoms with Crippen molar-refractivity contribution in [3.63, 3.8) is 0 Å². The molecule has 2 unspecified atom stereocenters. The molecule has 0 heterocycles. The highest BCUT2D eigenvalue weighted by Gasteiger charge is 2.36. The molecule has 31 heavy (non-hydrogen) atoms. The molecule has 0 saturated heterocycles. The topological polar surface area (TPSA) is 0 Å². The Morgan fingerprint density at radius 3 is 1.94 bits per heavy atom. The number of allylic oxidation sites excluding steroid dienone is 2. The molecule has 0 aromatic heterocycles. The molecule has 0 heteroatoms. The smallest absolute Gasteiger partial charge is 0.0162 e. The molecule has 1 aromatic rings. The Balaban J connectivity index is 1.18. The van der Waals surface area contributed by atoms with E-state index >= 15 is 0 Å². The summed E-state index contributed by atoms with van der Waals surface area (Å²) in [6.45, 7) is 4.48. The summed E-state index contributed by atoms with van der Waals surface area (Å²) in [5.74, 6) is 6.17. The molecular formula is C31H48. The summed E-state index contributed by atoms with van der Waals surface area (Å²) in [4.78, 5) is 0. The predicted octanol–water partition coefficient (Wildman–Crippen LogP) is 9.49. The van der Waals surface area contributed by atoms with E-state index in [1.54, 1.807) is 50.5 Å². The van der Waals surface area contributed by atoms with Crippen LogP contribution in [0.4, 0.5) is 0 Å². The third-order valence-electron chi connectivity index (χ3n) is 9.49. The molecule has 3 aliphatic rings. The van der Waals surface area contributed by atoms with E-state index in [0.717, 1.165) is 35.5 Å². The van der Waals surface area contributed by atoms with Crippen molar-refractivity contribution in [2.75, 3.05) is 0 Å². The fourth-order valence-electron chi connectivity index (χ4n) is 7.60. The molecule has 3 aliphatic carbocycles. The van der Waals surface area contributed by atoms with Gasteiger partial charge in [0.2, 0.25) is 0 Å². The Hall–Kier alpha value is -1.04. The lowest BCUT2D eigenvalue weighted by molar-refractivity contribution is 0.134. The van der Waals surface area contributed by atoms with Crippen molar-refractivity contribution in [2.24, 2.45) is 29.6 Å². The molecule has 172 valence electrons. The second-order valence-electron chi connectivity index (χ2n) is 11.4. The van der Waals surface area contributed by atoms with Crippen molar-refractivity contribution < 1.29 is 0 Å². The third kappa shape index (κ3) is 6.27. The molecule has 0 aliphatic heterocycles. The lowest BCUT2D eigenvalue weighted by Gasteiger charge is -2.39. The van der Waals surface area contributed by atoms with Crippen molar-refractivity contribution in [2.45, 2.75) is 116 Å². The van der Waals surface area contributed by atoms with E-state index in [0.29, 0.717) is 0 Å². The van der Waals surface area contributed by atoms with Crippen molar-refractivity contribution in [1.82, 2.24) is 0 Å². The minimum atomic E-state index is 0.825. The standard InChI is InChI=1S/C31H48/c1-3-5-6-8-24-9-12-26(13-10-24)27-15-17-28(18-16-27)29-19-21-30(22-20-29)31-14-11-25(23-31)7-4-2/h3,5,9-10,12-13,25,27-31H,4,6-8,11,14-23H2,1-2H3. The summed E-state index contributed by atoms with van der Waals surface area (Å²) < 4.78 is 0. The van der Waals surface area contributed by atoms with Crippen LogP contribution < -0.4 is 0 Å². The lowest BCUT2D eigenvalue weighted by atomic mass is 9.66. The first-order valence-corrected chi connectivity index (χ1v) is 14.0. The van der Waals surface area contributed by atoms with E-state index in [-0.39, 0.29) is 0 Å². The largest absolute Gasteiger partial charge is 0.0917 e. The average Bonchev–Trinajstić information content (AvgIpc) is 3.29. The molecule has 0 bridgehead atoms. The van der Waals surface area contributed by atoms with E-state index < -0.39 is 0 Å². The van der Waals surface area contributed by atoms with Gasteiger partial charge in [-0.2, -0.15) is 0 Å². The van der Waals surface area contributed by atoms with Gasteiger partial charge in [-0.1, -0.05) is 62.6 Å². The van der Waals surface area contributed by atoms with Gasteiger partial charge in [0.1, 0.15) is 0 Å². The van der Waals surface area contributed by atoms with Gasteiger partial charge >= 0.3 is 0 Å². The molecule has 3 saturated carbocycles. The van der Waals surface area contributed by atoms with E-state index in [1.807, 2.05) is 0 Å². The van der Waals surface area contributed by atoms with Crippen LogP contribution in [-0.2, 0) is 6.42 Å². The maximum absolute atomic E-state index is 2.44. The minimum Gasteiger partial charge on any atom is -0.0917 e.